The predicted molar refractivity (Wildman–Crippen MR) is 86.7 cm³/mol. The number of halogens is 3. The number of carbonyl (C=O) groups excluding carboxylic acids is 1. The van der Waals surface area contributed by atoms with E-state index in [0.29, 0.717) is 11.3 Å². The number of hydrogen-bond acceptors (Lipinski definition) is 2. The molecule has 0 bridgehead atoms. The van der Waals surface area contributed by atoms with Crippen LogP contribution in [0.25, 0.3) is 0 Å². The normalized spacial score (nSPS) is 10.2. The van der Waals surface area contributed by atoms with Gasteiger partial charge in [0.2, 0.25) is 0 Å². The van der Waals surface area contributed by atoms with Crippen LogP contribution in [0.1, 0.15) is 15.9 Å². The molecular weight excluding hydrogens is 334 g/mol. The smallest absolute Gasteiger partial charge is 0.258 e. The van der Waals surface area contributed by atoms with E-state index in [1.165, 1.54) is 24.3 Å². The molecule has 0 saturated heterocycles. The molecule has 7 heteroatoms. The third-order valence-electron chi connectivity index (χ3n) is 2.67. The number of nitrogens with one attached hydrogen (secondary N) is 1. The maximum Gasteiger partial charge on any atom is 0.258 e. The van der Waals surface area contributed by atoms with Crippen LogP contribution in [0.5, 0.6) is 0 Å². The number of thiocarbonyl (C=S) groups is 1. The van der Waals surface area contributed by atoms with Gasteiger partial charge < -0.3 is 11.1 Å². The van der Waals surface area contributed by atoms with E-state index in [4.69, 9.17) is 41.2 Å². The molecule has 0 heterocycles. The second kappa shape index (κ2) is 6.39. The van der Waals surface area contributed by atoms with E-state index < -0.39 is 11.7 Å². The molecule has 0 saturated carbocycles. The molecule has 108 valence electrons. The zero-order valence-electron chi connectivity index (χ0n) is 10.5. The Labute approximate surface area is 135 Å². The van der Waals surface area contributed by atoms with Crippen molar-refractivity contribution in [2.24, 2.45) is 5.73 Å². The average molecular weight is 343 g/mol. The van der Waals surface area contributed by atoms with Crippen molar-refractivity contribution < 1.29 is 9.18 Å². The van der Waals surface area contributed by atoms with Crippen molar-refractivity contribution in [3.63, 3.8) is 0 Å². The van der Waals surface area contributed by atoms with Crippen LogP contribution in [-0.2, 0) is 0 Å². The van der Waals surface area contributed by atoms with Crippen LogP contribution in [-0.4, -0.2) is 10.9 Å². The molecule has 0 radical (unpaired) electrons. The van der Waals surface area contributed by atoms with Crippen molar-refractivity contribution in [1.29, 1.82) is 0 Å². The van der Waals surface area contributed by atoms with E-state index in [9.17, 15) is 9.18 Å². The molecule has 0 atom stereocenters. The van der Waals surface area contributed by atoms with Crippen molar-refractivity contribution in [1.82, 2.24) is 0 Å². The van der Waals surface area contributed by atoms with Crippen LogP contribution in [0.3, 0.4) is 0 Å². The highest BCUT2D eigenvalue weighted by Crippen LogP contribution is 2.24. The van der Waals surface area contributed by atoms with Crippen LogP contribution in [0, 0.1) is 5.82 Å². The van der Waals surface area contributed by atoms with E-state index in [0.717, 1.165) is 6.07 Å². The number of rotatable bonds is 3. The van der Waals surface area contributed by atoms with E-state index in [1.807, 2.05) is 0 Å². The van der Waals surface area contributed by atoms with E-state index in [-0.39, 0.29) is 20.6 Å². The van der Waals surface area contributed by atoms with Crippen LogP contribution < -0.4 is 11.1 Å². The van der Waals surface area contributed by atoms with Crippen molar-refractivity contribution in [3.8, 4) is 0 Å². The second-order valence-corrected chi connectivity index (χ2v) is 5.42. The first kappa shape index (κ1) is 15.7. The van der Waals surface area contributed by atoms with Crippen LogP contribution >= 0.6 is 35.4 Å². The topological polar surface area (TPSA) is 55.1 Å². The molecule has 0 aliphatic carbocycles. The zero-order valence-corrected chi connectivity index (χ0v) is 12.8. The van der Waals surface area contributed by atoms with Crippen molar-refractivity contribution in [2.75, 3.05) is 5.32 Å². The van der Waals surface area contributed by atoms with Gasteiger partial charge in [-0.25, -0.2) is 4.39 Å². The summed E-state index contributed by atoms with van der Waals surface area (Å²) >= 11 is 16.6. The third kappa shape index (κ3) is 3.69. The number of hydrogen-bond donors (Lipinski definition) is 2. The van der Waals surface area contributed by atoms with E-state index >= 15 is 0 Å². The standard InChI is InChI=1S/C14H9Cl2FN2OS/c15-8-2-3-11(17)9(6-8)14(20)19-12-4-1-7(13(18)21)5-10(12)16/h1-6H,(H2,18,21)(H,19,20). The Morgan fingerprint density at radius 1 is 1.19 bits per heavy atom. The van der Waals surface area contributed by atoms with Crippen LogP contribution in [0.4, 0.5) is 10.1 Å². The third-order valence-corrected chi connectivity index (χ3v) is 3.46. The molecule has 2 aromatic rings. The second-order valence-electron chi connectivity index (χ2n) is 4.14. The Morgan fingerprint density at radius 2 is 1.90 bits per heavy atom. The Kier molecular flexibility index (Phi) is 4.77. The van der Waals surface area contributed by atoms with Gasteiger partial charge >= 0.3 is 0 Å². The quantitative estimate of drug-likeness (QED) is 0.828. The Balaban J connectivity index is 2.27. The first-order chi connectivity index (χ1) is 9.88. The Morgan fingerprint density at radius 3 is 2.52 bits per heavy atom. The highest BCUT2D eigenvalue weighted by molar-refractivity contribution is 7.80. The van der Waals surface area contributed by atoms with E-state index in [1.54, 1.807) is 6.07 Å². The van der Waals surface area contributed by atoms with Gasteiger partial charge in [-0.15, -0.1) is 0 Å². The van der Waals surface area contributed by atoms with Gasteiger partial charge in [-0.3, -0.25) is 4.79 Å². The molecule has 1 amide bonds. The predicted octanol–water partition coefficient (Wildman–Crippen LogP) is 4.02. The molecule has 0 fully saturated rings. The molecule has 0 aromatic heterocycles. The first-order valence-electron chi connectivity index (χ1n) is 5.74. The van der Waals surface area contributed by atoms with Gasteiger partial charge in [-0.05, 0) is 36.4 Å². The lowest BCUT2D eigenvalue weighted by Gasteiger charge is -2.09. The Bertz CT molecular complexity index is 737. The molecule has 2 aromatic carbocycles. The number of amides is 1. The zero-order chi connectivity index (χ0) is 15.6. The van der Waals surface area contributed by atoms with Crippen LogP contribution in [0.2, 0.25) is 10.0 Å². The summed E-state index contributed by atoms with van der Waals surface area (Å²) in [6.07, 6.45) is 0. The summed E-state index contributed by atoms with van der Waals surface area (Å²) in [5.74, 6) is -1.33. The molecule has 21 heavy (non-hydrogen) atoms. The molecular formula is C14H9Cl2FN2OS. The Hall–Kier alpha value is -1.69. The van der Waals surface area contributed by atoms with Gasteiger partial charge in [0, 0.05) is 10.6 Å². The minimum atomic E-state index is -0.673. The van der Waals surface area contributed by atoms with Gasteiger partial charge in [-0.2, -0.15) is 0 Å². The summed E-state index contributed by atoms with van der Waals surface area (Å²) in [5, 5.41) is 3.01. The summed E-state index contributed by atoms with van der Waals surface area (Å²) in [4.78, 5) is 12.2. The monoisotopic (exact) mass is 342 g/mol. The summed E-state index contributed by atoms with van der Waals surface area (Å²) < 4.78 is 13.6. The molecule has 0 unspecified atom stereocenters. The molecule has 0 aliphatic rings. The van der Waals surface area contributed by atoms with E-state index in [2.05, 4.69) is 5.32 Å². The fourth-order valence-electron chi connectivity index (χ4n) is 1.63. The lowest BCUT2D eigenvalue weighted by molar-refractivity contribution is 0.102. The first-order valence-corrected chi connectivity index (χ1v) is 6.90. The summed E-state index contributed by atoms with van der Waals surface area (Å²) in [7, 11) is 0. The van der Waals surface area contributed by atoms with Crippen molar-refractivity contribution in [3.05, 3.63) is 63.4 Å². The highest BCUT2D eigenvalue weighted by atomic mass is 35.5. The lowest BCUT2D eigenvalue weighted by atomic mass is 10.1. The van der Waals surface area contributed by atoms with Crippen molar-refractivity contribution in [2.45, 2.75) is 0 Å². The lowest BCUT2D eigenvalue weighted by Crippen LogP contribution is -2.15. The molecule has 2 rings (SSSR count). The van der Waals surface area contributed by atoms with Gasteiger partial charge in [0.25, 0.3) is 5.91 Å². The average Bonchev–Trinajstić information content (AvgIpc) is 2.43. The minimum absolute atomic E-state index is 0.169. The number of anilines is 1. The van der Waals surface area contributed by atoms with Gasteiger partial charge in [-0.1, -0.05) is 35.4 Å². The number of benzene rings is 2. The molecule has 3 nitrogen and oxygen atoms in total. The maximum absolute atomic E-state index is 13.6. The van der Waals surface area contributed by atoms with Gasteiger partial charge in [0.1, 0.15) is 10.8 Å². The number of carbonyl (C=O) groups is 1. The number of nitrogens with two attached hydrogens (primary N) is 1. The largest absolute Gasteiger partial charge is 0.389 e. The molecule has 0 aliphatic heterocycles. The van der Waals surface area contributed by atoms with Crippen molar-refractivity contribution >= 4 is 52.0 Å². The van der Waals surface area contributed by atoms with Crippen LogP contribution in [0.15, 0.2) is 36.4 Å². The highest BCUT2D eigenvalue weighted by Gasteiger charge is 2.14. The summed E-state index contributed by atoms with van der Waals surface area (Å²) in [6, 6.07) is 8.39. The minimum Gasteiger partial charge on any atom is -0.389 e. The van der Waals surface area contributed by atoms with Gasteiger partial charge in [0.15, 0.2) is 0 Å². The molecule has 3 N–H and O–H groups in total. The fraction of sp³-hybridized carbons (Fsp3) is 0. The maximum atomic E-state index is 13.6. The SMILES string of the molecule is NC(=S)c1ccc(NC(=O)c2cc(Cl)ccc2F)c(Cl)c1. The summed E-state index contributed by atoms with van der Waals surface area (Å²) in [6.45, 7) is 0. The van der Waals surface area contributed by atoms with Gasteiger partial charge in [0.05, 0.1) is 16.3 Å². The summed E-state index contributed by atoms with van der Waals surface area (Å²) in [5.41, 5.74) is 6.20. The molecule has 0 spiro atoms. The fourth-order valence-corrected chi connectivity index (χ4v) is 2.16.